The number of anilines is 2. The number of carbonyl (C=O) groups excluding carboxylic acids is 2. The van der Waals surface area contributed by atoms with Crippen molar-refractivity contribution in [1.82, 2.24) is 0 Å². The van der Waals surface area contributed by atoms with E-state index >= 15 is 0 Å². The topological polar surface area (TPSA) is 102 Å². The monoisotopic (exact) mass is 415 g/mol. The highest BCUT2D eigenvalue weighted by Crippen LogP contribution is 2.32. The second-order valence-electron chi connectivity index (χ2n) is 7.27. The van der Waals surface area contributed by atoms with Gasteiger partial charge in [0.2, 0.25) is 0 Å². The van der Waals surface area contributed by atoms with Crippen LogP contribution in [0.1, 0.15) is 48.4 Å². The molecule has 0 spiro atoms. The van der Waals surface area contributed by atoms with Gasteiger partial charge in [-0.15, -0.1) is 0 Å². The van der Waals surface area contributed by atoms with Crippen LogP contribution in [-0.4, -0.2) is 42.5 Å². The number of carboxylic acids is 1. The van der Waals surface area contributed by atoms with Gasteiger partial charge in [-0.25, -0.2) is 19.3 Å². The van der Waals surface area contributed by atoms with Crippen LogP contribution in [0.5, 0.6) is 5.75 Å². The highest BCUT2D eigenvalue weighted by molar-refractivity contribution is 5.99. The maximum Gasteiger partial charge on any atom is 0.419 e. The van der Waals surface area contributed by atoms with E-state index in [-0.39, 0.29) is 17.0 Å². The molecule has 0 heterocycles. The normalized spacial score (nSPS) is 10.8. The van der Waals surface area contributed by atoms with Gasteiger partial charge >= 0.3 is 18.0 Å². The van der Waals surface area contributed by atoms with Crippen molar-refractivity contribution in [2.24, 2.45) is 0 Å². The highest BCUT2D eigenvalue weighted by Gasteiger charge is 2.26. The number of ether oxygens (including phenoxy) is 3. The number of hydrogen-bond acceptors (Lipinski definition) is 6. The summed E-state index contributed by atoms with van der Waals surface area (Å²) in [7, 11) is 1.27. The molecule has 2 rings (SSSR count). The first-order valence-electron chi connectivity index (χ1n) is 9.29. The molecule has 0 saturated heterocycles. The Bertz CT molecular complexity index is 929. The quantitative estimate of drug-likeness (QED) is 0.686. The van der Waals surface area contributed by atoms with E-state index in [1.807, 2.05) is 0 Å². The van der Waals surface area contributed by atoms with Crippen molar-refractivity contribution in [1.29, 1.82) is 0 Å². The molecule has 0 aliphatic carbocycles. The number of rotatable bonds is 6. The van der Waals surface area contributed by atoms with Crippen LogP contribution in [0.25, 0.3) is 0 Å². The van der Waals surface area contributed by atoms with Gasteiger partial charge in [-0.3, -0.25) is 0 Å². The molecule has 2 aromatic carbocycles. The zero-order valence-corrected chi connectivity index (χ0v) is 17.6. The predicted octanol–water partition coefficient (Wildman–Crippen LogP) is 4.64. The molecule has 1 N–H and O–H groups in total. The smallest absolute Gasteiger partial charge is 0.419 e. The lowest BCUT2D eigenvalue weighted by molar-refractivity contribution is 0.0591. The Balaban J connectivity index is 2.56. The molecule has 30 heavy (non-hydrogen) atoms. The van der Waals surface area contributed by atoms with Gasteiger partial charge in [-0.1, -0.05) is 0 Å². The predicted molar refractivity (Wildman–Crippen MR) is 111 cm³/mol. The van der Waals surface area contributed by atoms with Crippen molar-refractivity contribution < 1.29 is 33.7 Å². The third-order valence-corrected chi connectivity index (χ3v) is 3.87. The van der Waals surface area contributed by atoms with Crippen LogP contribution >= 0.6 is 0 Å². The second kappa shape index (κ2) is 9.30. The highest BCUT2D eigenvalue weighted by atomic mass is 16.6. The summed E-state index contributed by atoms with van der Waals surface area (Å²) < 4.78 is 15.6. The lowest BCUT2D eigenvalue weighted by Crippen LogP contribution is -2.34. The van der Waals surface area contributed by atoms with Crippen LogP contribution in [0.4, 0.5) is 16.2 Å². The van der Waals surface area contributed by atoms with Crippen molar-refractivity contribution in [2.45, 2.75) is 33.3 Å². The molecule has 0 aromatic heterocycles. The largest absolute Gasteiger partial charge is 0.493 e. The van der Waals surface area contributed by atoms with Crippen molar-refractivity contribution in [2.75, 3.05) is 18.6 Å². The molecule has 160 valence electrons. The van der Waals surface area contributed by atoms with Crippen LogP contribution in [0.15, 0.2) is 42.5 Å². The lowest BCUT2D eigenvalue weighted by atomic mass is 10.1. The zero-order chi connectivity index (χ0) is 22.5. The third kappa shape index (κ3) is 5.50. The zero-order valence-electron chi connectivity index (χ0n) is 17.6. The fraction of sp³-hybridized carbons (Fsp3) is 0.318. The van der Waals surface area contributed by atoms with Gasteiger partial charge < -0.3 is 19.3 Å². The van der Waals surface area contributed by atoms with Gasteiger partial charge in [-0.2, -0.15) is 0 Å². The van der Waals surface area contributed by atoms with Gasteiger partial charge in [0.1, 0.15) is 16.9 Å². The fourth-order valence-electron chi connectivity index (χ4n) is 2.64. The van der Waals surface area contributed by atoms with Gasteiger partial charge in [0.05, 0.1) is 30.7 Å². The molecule has 8 nitrogen and oxygen atoms in total. The number of nitrogens with zero attached hydrogens (tertiary/aromatic N) is 1. The van der Waals surface area contributed by atoms with E-state index in [1.165, 1.54) is 36.3 Å². The van der Waals surface area contributed by atoms with Crippen molar-refractivity contribution in [3.63, 3.8) is 0 Å². The number of carbonyl (C=O) groups is 3. The van der Waals surface area contributed by atoms with Crippen LogP contribution in [-0.2, 0) is 9.47 Å². The molecule has 8 heteroatoms. The number of esters is 1. The minimum absolute atomic E-state index is 0.0888. The number of hydrogen-bond donors (Lipinski definition) is 1. The van der Waals surface area contributed by atoms with Crippen LogP contribution in [0.2, 0.25) is 0 Å². The minimum Gasteiger partial charge on any atom is -0.493 e. The molecule has 2 aromatic rings. The first-order valence-corrected chi connectivity index (χ1v) is 9.29. The number of carboxylic acid groups (broad SMARTS) is 1. The summed E-state index contributed by atoms with van der Waals surface area (Å²) in [6.07, 6.45) is -0.700. The molecule has 1 amide bonds. The van der Waals surface area contributed by atoms with Crippen LogP contribution < -0.4 is 9.64 Å². The molecule has 0 atom stereocenters. The Hall–Kier alpha value is -3.55. The van der Waals surface area contributed by atoms with E-state index in [4.69, 9.17) is 9.47 Å². The molecule has 0 saturated carbocycles. The first kappa shape index (κ1) is 22.7. The SMILES string of the molecule is CCOc1ccc(N(C(=O)OC(C)(C)C)c2ccc(C(=O)OC)cc2)cc1C(=O)O. The average Bonchev–Trinajstić information content (AvgIpc) is 2.67. The Morgan fingerprint density at radius 1 is 1.00 bits per heavy atom. The molecule has 0 aliphatic heterocycles. The summed E-state index contributed by atoms with van der Waals surface area (Å²) in [5, 5.41) is 9.55. The molecular weight excluding hydrogens is 390 g/mol. The Morgan fingerprint density at radius 3 is 2.10 bits per heavy atom. The fourth-order valence-corrected chi connectivity index (χ4v) is 2.64. The summed E-state index contributed by atoms with van der Waals surface area (Å²) in [5.41, 5.74) is 0.105. The molecule has 0 fully saturated rings. The van der Waals surface area contributed by atoms with E-state index in [0.717, 1.165) is 0 Å². The number of benzene rings is 2. The van der Waals surface area contributed by atoms with Crippen molar-refractivity contribution in [3.05, 3.63) is 53.6 Å². The van der Waals surface area contributed by atoms with E-state index in [1.54, 1.807) is 45.9 Å². The van der Waals surface area contributed by atoms with E-state index in [0.29, 0.717) is 17.9 Å². The maximum atomic E-state index is 13.0. The first-order chi connectivity index (χ1) is 14.1. The van der Waals surface area contributed by atoms with Gasteiger partial charge in [0.25, 0.3) is 0 Å². The summed E-state index contributed by atoms with van der Waals surface area (Å²) >= 11 is 0. The molecule has 0 radical (unpaired) electrons. The summed E-state index contributed by atoms with van der Waals surface area (Å²) in [4.78, 5) is 37.6. The van der Waals surface area contributed by atoms with Crippen LogP contribution in [0.3, 0.4) is 0 Å². The number of aromatic carboxylic acids is 1. The average molecular weight is 415 g/mol. The Morgan fingerprint density at radius 2 is 1.60 bits per heavy atom. The molecule has 0 aliphatic rings. The molecule has 0 bridgehead atoms. The molecule has 0 unspecified atom stereocenters. The Kier molecular flexibility index (Phi) is 7.05. The van der Waals surface area contributed by atoms with Crippen LogP contribution in [0, 0.1) is 0 Å². The van der Waals surface area contributed by atoms with Gasteiger partial charge in [-0.05, 0) is 70.2 Å². The second-order valence-corrected chi connectivity index (χ2v) is 7.27. The van der Waals surface area contributed by atoms with E-state index in [9.17, 15) is 19.5 Å². The Labute approximate surface area is 175 Å². The molecular formula is C22H25NO7. The van der Waals surface area contributed by atoms with Crippen molar-refractivity contribution in [3.8, 4) is 5.75 Å². The summed E-state index contributed by atoms with van der Waals surface area (Å²) in [6, 6.07) is 10.5. The number of amides is 1. The van der Waals surface area contributed by atoms with E-state index < -0.39 is 23.6 Å². The maximum absolute atomic E-state index is 13.0. The third-order valence-electron chi connectivity index (χ3n) is 3.87. The standard InChI is InChI=1S/C22H25NO7/c1-6-29-18-12-11-16(13-17(18)19(24)25)23(21(27)30-22(2,3)4)15-9-7-14(8-10-15)20(26)28-5/h7-13H,6H2,1-5H3,(H,24,25). The van der Waals surface area contributed by atoms with Gasteiger partial charge in [0, 0.05) is 0 Å². The number of methoxy groups -OCH3 is 1. The summed E-state index contributed by atoms with van der Waals surface area (Å²) in [6.45, 7) is 7.22. The minimum atomic E-state index is -1.19. The lowest BCUT2D eigenvalue weighted by Gasteiger charge is -2.28. The summed E-state index contributed by atoms with van der Waals surface area (Å²) in [5.74, 6) is -1.51. The van der Waals surface area contributed by atoms with E-state index in [2.05, 4.69) is 4.74 Å². The van der Waals surface area contributed by atoms with Crippen molar-refractivity contribution >= 4 is 29.4 Å². The van der Waals surface area contributed by atoms with Gasteiger partial charge in [0.15, 0.2) is 0 Å².